The molecule has 0 N–H and O–H groups in total. The van der Waals surface area contributed by atoms with Gasteiger partial charge in [-0.1, -0.05) is 78.2 Å². The van der Waals surface area contributed by atoms with Crippen molar-refractivity contribution in [2.45, 2.75) is 91.4 Å². The van der Waals surface area contributed by atoms with Gasteiger partial charge in [0.1, 0.15) is 0 Å². The maximum atomic E-state index is 12.6. The molecule has 0 spiro atoms. The van der Waals surface area contributed by atoms with Gasteiger partial charge in [0.15, 0.2) is 0 Å². The Hall–Kier alpha value is -0.110. The lowest BCUT2D eigenvalue weighted by Gasteiger charge is -2.15. The normalized spacial score (nSPS) is 12.3. The van der Waals surface area contributed by atoms with Gasteiger partial charge in [0, 0.05) is 5.82 Å². The monoisotopic (exact) mass is 332 g/mol. The third-order valence-electron chi connectivity index (χ3n) is 3.56. The zero-order valence-electron chi connectivity index (χ0n) is 15.0. The molecular weight excluding hydrogens is 295 g/mol. The van der Waals surface area contributed by atoms with Crippen LogP contribution in [0.15, 0.2) is 11.9 Å². The highest BCUT2D eigenvalue weighted by atomic mass is 31.2. The summed E-state index contributed by atoms with van der Waals surface area (Å²) < 4.78 is 23.8. The Morgan fingerprint density at radius 3 is 1.59 bits per heavy atom. The maximum absolute atomic E-state index is 12.6. The average molecular weight is 332 g/mol. The molecule has 0 fully saturated rings. The van der Waals surface area contributed by atoms with E-state index in [0.29, 0.717) is 13.2 Å². The number of unbranched alkanes of at least 4 members (excludes halogenated alkanes) is 8. The third-order valence-corrected chi connectivity index (χ3v) is 5.22. The summed E-state index contributed by atoms with van der Waals surface area (Å²) in [6.45, 7) is 7.50. The van der Waals surface area contributed by atoms with E-state index in [0.717, 1.165) is 32.1 Å². The van der Waals surface area contributed by atoms with Crippen molar-refractivity contribution in [3.05, 3.63) is 11.9 Å². The topological polar surface area (TPSA) is 35.5 Å². The lowest BCUT2D eigenvalue weighted by Crippen LogP contribution is -1.98. The minimum Gasteiger partial charge on any atom is -0.306 e. The fourth-order valence-electron chi connectivity index (χ4n) is 2.15. The van der Waals surface area contributed by atoms with Gasteiger partial charge in [-0.25, -0.2) is 0 Å². The Labute approximate surface area is 138 Å². The zero-order chi connectivity index (χ0) is 16.5. The van der Waals surface area contributed by atoms with E-state index in [1.165, 1.54) is 38.5 Å². The van der Waals surface area contributed by atoms with Crippen molar-refractivity contribution >= 4 is 7.60 Å². The first-order chi connectivity index (χ1) is 10.7. The first-order valence-corrected chi connectivity index (χ1v) is 10.9. The molecule has 132 valence electrons. The molecule has 0 aliphatic rings. The van der Waals surface area contributed by atoms with E-state index >= 15 is 0 Å². The van der Waals surface area contributed by atoms with Crippen molar-refractivity contribution in [2.75, 3.05) is 13.2 Å². The second-order valence-electron chi connectivity index (χ2n) is 5.83. The number of allylic oxidation sites excluding steroid dienone is 1. The molecule has 0 rings (SSSR count). The van der Waals surface area contributed by atoms with E-state index < -0.39 is 7.60 Å². The van der Waals surface area contributed by atoms with E-state index in [4.69, 9.17) is 9.05 Å². The van der Waals surface area contributed by atoms with Gasteiger partial charge >= 0.3 is 7.60 Å². The van der Waals surface area contributed by atoms with Crippen molar-refractivity contribution in [3.8, 4) is 0 Å². The highest BCUT2D eigenvalue weighted by Crippen LogP contribution is 2.50. The predicted molar refractivity (Wildman–Crippen MR) is 96.5 cm³/mol. The summed E-state index contributed by atoms with van der Waals surface area (Å²) in [6.07, 6.45) is 14.4. The van der Waals surface area contributed by atoms with E-state index in [1.54, 1.807) is 5.82 Å². The molecule has 0 aliphatic carbocycles. The van der Waals surface area contributed by atoms with Crippen LogP contribution in [0.25, 0.3) is 0 Å². The molecule has 0 aromatic carbocycles. The molecule has 0 aromatic heterocycles. The summed E-state index contributed by atoms with van der Waals surface area (Å²) in [5, 5.41) is 0. The van der Waals surface area contributed by atoms with Gasteiger partial charge in [0.2, 0.25) is 0 Å². The third kappa shape index (κ3) is 13.5. The van der Waals surface area contributed by atoms with Crippen LogP contribution >= 0.6 is 7.60 Å². The van der Waals surface area contributed by atoms with Gasteiger partial charge in [-0.2, -0.15) is 0 Å². The second kappa shape index (κ2) is 15.8. The van der Waals surface area contributed by atoms with Crippen LogP contribution in [-0.2, 0) is 13.6 Å². The van der Waals surface area contributed by atoms with Gasteiger partial charge in [0.25, 0.3) is 0 Å². The quantitative estimate of drug-likeness (QED) is 0.224. The summed E-state index contributed by atoms with van der Waals surface area (Å²) in [4.78, 5) is 0. The van der Waals surface area contributed by atoms with Crippen LogP contribution < -0.4 is 0 Å². The molecule has 0 aliphatic heterocycles. The van der Waals surface area contributed by atoms with Crippen molar-refractivity contribution in [1.82, 2.24) is 0 Å². The molecule has 0 saturated heterocycles. The molecule has 4 heteroatoms. The fourth-order valence-corrected chi connectivity index (χ4v) is 3.64. The van der Waals surface area contributed by atoms with Crippen LogP contribution in [0, 0.1) is 0 Å². The number of hydrogen-bond acceptors (Lipinski definition) is 3. The van der Waals surface area contributed by atoms with Crippen LogP contribution in [0.4, 0.5) is 0 Å². The Balaban J connectivity index is 3.96. The Kier molecular flexibility index (Phi) is 15.7. The summed E-state index contributed by atoms with van der Waals surface area (Å²) in [5.74, 6) is 1.64. The number of rotatable bonds is 16. The molecule has 0 atom stereocenters. The molecule has 0 saturated carbocycles. The molecule has 0 bridgehead atoms. The van der Waals surface area contributed by atoms with Crippen LogP contribution in [0.3, 0.4) is 0 Å². The lowest BCUT2D eigenvalue weighted by molar-refractivity contribution is 0.205. The smallest absolute Gasteiger partial charge is 0.306 e. The molecule has 22 heavy (non-hydrogen) atoms. The van der Waals surface area contributed by atoms with Crippen molar-refractivity contribution < 1.29 is 13.6 Å². The van der Waals surface area contributed by atoms with Gasteiger partial charge in [-0.15, -0.1) is 0 Å². The molecular formula is C18H37O3P. The molecule has 0 aromatic rings. The molecule has 3 nitrogen and oxygen atoms in total. The van der Waals surface area contributed by atoms with Gasteiger partial charge in [-0.05, 0) is 19.3 Å². The molecule has 0 radical (unpaired) electrons. The Morgan fingerprint density at radius 1 is 0.727 bits per heavy atom. The fraction of sp³-hybridized carbons (Fsp3) is 0.889. The summed E-state index contributed by atoms with van der Waals surface area (Å²) in [7, 11) is -3.03. The molecule has 0 amide bonds. The highest BCUT2D eigenvalue weighted by Gasteiger charge is 2.19. The standard InChI is InChI=1S/C18H37O3P/c1-4-7-10-12-14-16-20-22(19,18-9-6-3)21-17-15-13-11-8-5-2/h9,18H,4-8,10-17H2,1-3H3. The van der Waals surface area contributed by atoms with E-state index in [1.807, 2.05) is 13.0 Å². The zero-order valence-corrected chi connectivity index (χ0v) is 15.9. The minimum absolute atomic E-state index is 0.533. The first-order valence-electron chi connectivity index (χ1n) is 9.25. The second-order valence-corrected chi connectivity index (χ2v) is 7.72. The van der Waals surface area contributed by atoms with E-state index in [2.05, 4.69) is 13.8 Å². The predicted octanol–water partition coefficient (Wildman–Crippen LogP) is 7.08. The Bertz CT molecular complexity index is 283. The largest absolute Gasteiger partial charge is 0.353 e. The first kappa shape index (κ1) is 21.9. The summed E-state index contributed by atoms with van der Waals surface area (Å²) in [5.41, 5.74) is 0. The summed E-state index contributed by atoms with van der Waals surface area (Å²) >= 11 is 0. The van der Waals surface area contributed by atoms with E-state index in [9.17, 15) is 4.57 Å². The lowest BCUT2D eigenvalue weighted by atomic mass is 10.2. The van der Waals surface area contributed by atoms with Crippen LogP contribution in [-0.4, -0.2) is 13.2 Å². The molecule has 0 heterocycles. The SMILES string of the molecule is CCC=CP(=O)(OCCCCCCC)OCCCCCCC. The van der Waals surface area contributed by atoms with Crippen molar-refractivity contribution in [3.63, 3.8) is 0 Å². The molecule has 0 unspecified atom stereocenters. The van der Waals surface area contributed by atoms with Crippen molar-refractivity contribution in [1.29, 1.82) is 0 Å². The van der Waals surface area contributed by atoms with E-state index in [-0.39, 0.29) is 0 Å². The number of hydrogen-bond donors (Lipinski definition) is 0. The minimum atomic E-state index is -3.03. The summed E-state index contributed by atoms with van der Waals surface area (Å²) in [6, 6.07) is 0. The van der Waals surface area contributed by atoms with Gasteiger partial charge in [-0.3, -0.25) is 4.57 Å². The Morgan fingerprint density at radius 2 is 1.18 bits per heavy atom. The van der Waals surface area contributed by atoms with Crippen LogP contribution in [0.5, 0.6) is 0 Å². The maximum Gasteiger partial charge on any atom is 0.353 e. The highest BCUT2D eigenvalue weighted by molar-refractivity contribution is 7.57. The van der Waals surface area contributed by atoms with Crippen LogP contribution in [0.1, 0.15) is 91.4 Å². The van der Waals surface area contributed by atoms with Crippen molar-refractivity contribution in [2.24, 2.45) is 0 Å². The van der Waals surface area contributed by atoms with Gasteiger partial charge in [0.05, 0.1) is 13.2 Å². The average Bonchev–Trinajstić information content (AvgIpc) is 2.52. The van der Waals surface area contributed by atoms with Crippen LogP contribution in [0.2, 0.25) is 0 Å². The van der Waals surface area contributed by atoms with Gasteiger partial charge < -0.3 is 9.05 Å².